The van der Waals surface area contributed by atoms with Crippen molar-refractivity contribution < 1.29 is 9.15 Å². The van der Waals surface area contributed by atoms with Crippen molar-refractivity contribution in [2.45, 2.75) is 32.9 Å². The highest BCUT2D eigenvalue weighted by Gasteiger charge is 2.10. The molecule has 104 valence electrons. The molecule has 0 amide bonds. The topological polar surface area (TPSA) is 37.6 Å². The van der Waals surface area contributed by atoms with Gasteiger partial charge in [-0.15, -0.1) is 0 Å². The number of rotatable bonds is 10. The first-order valence-electron chi connectivity index (χ1n) is 6.74. The summed E-state index contributed by atoms with van der Waals surface area (Å²) in [6.45, 7) is 9.08. The highest BCUT2D eigenvalue weighted by molar-refractivity contribution is 4.97. The standard InChI is InChI=1S/C14H26N2O2/c1-4-13(2)16(9-11-17-3)8-7-15-12-14-6-5-10-18-14/h5-6,10,13,15H,4,7-9,11-12H2,1-3H3. The van der Waals surface area contributed by atoms with Crippen molar-refractivity contribution in [1.82, 2.24) is 10.2 Å². The molecule has 1 unspecified atom stereocenters. The van der Waals surface area contributed by atoms with Gasteiger partial charge in [0, 0.05) is 32.8 Å². The molecule has 1 heterocycles. The molecule has 4 nitrogen and oxygen atoms in total. The molecule has 0 aliphatic heterocycles. The van der Waals surface area contributed by atoms with Crippen molar-refractivity contribution in [3.8, 4) is 0 Å². The van der Waals surface area contributed by atoms with E-state index in [1.165, 1.54) is 6.42 Å². The lowest BCUT2D eigenvalue weighted by Crippen LogP contribution is -2.40. The van der Waals surface area contributed by atoms with E-state index in [2.05, 4.69) is 24.1 Å². The number of nitrogens with zero attached hydrogens (tertiary/aromatic N) is 1. The number of methoxy groups -OCH3 is 1. The molecule has 0 spiro atoms. The second-order valence-electron chi connectivity index (χ2n) is 4.54. The first kappa shape index (κ1) is 15.2. The van der Waals surface area contributed by atoms with Gasteiger partial charge in [-0.2, -0.15) is 0 Å². The number of hydrogen-bond acceptors (Lipinski definition) is 4. The summed E-state index contributed by atoms with van der Waals surface area (Å²) in [6, 6.07) is 4.51. The summed E-state index contributed by atoms with van der Waals surface area (Å²) < 4.78 is 10.4. The van der Waals surface area contributed by atoms with E-state index in [0.717, 1.165) is 38.5 Å². The molecule has 0 aliphatic carbocycles. The van der Waals surface area contributed by atoms with Crippen LogP contribution < -0.4 is 5.32 Å². The van der Waals surface area contributed by atoms with E-state index in [4.69, 9.17) is 9.15 Å². The molecule has 1 rings (SSSR count). The first-order chi connectivity index (χ1) is 8.77. The highest BCUT2D eigenvalue weighted by Crippen LogP contribution is 2.03. The van der Waals surface area contributed by atoms with Crippen molar-refractivity contribution in [2.24, 2.45) is 0 Å². The lowest BCUT2D eigenvalue weighted by atomic mass is 10.2. The molecule has 18 heavy (non-hydrogen) atoms. The minimum absolute atomic E-state index is 0.602. The molecule has 0 saturated heterocycles. The van der Waals surface area contributed by atoms with Crippen molar-refractivity contribution in [3.63, 3.8) is 0 Å². The molecule has 1 N–H and O–H groups in total. The maximum absolute atomic E-state index is 5.28. The van der Waals surface area contributed by atoms with Crippen molar-refractivity contribution in [2.75, 3.05) is 33.4 Å². The van der Waals surface area contributed by atoms with Crippen LogP contribution in [0.3, 0.4) is 0 Å². The Balaban J connectivity index is 2.19. The Bertz CT molecular complexity index is 288. The Morgan fingerprint density at radius 2 is 2.28 bits per heavy atom. The van der Waals surface area contributed by atoms with Gasteiger partial charge in [0.05, 0.1) is 19.4 Å². The van der Waals surface area contributed by atoms with E-state index in [9.17, 15) is 0 Å². The van der Waals surface area contributed by atoms with Gasteiger partial charge in [0.15, 0.2) is 0 Å². The SMILES string of the molecule is CCC(C)N(CCNCc1ccco1)CCOC. The van der Waals surface area contributed by atoms with Crippen LogP contribution in [-0.4, -0.2) is 44.3 Å². The lowest BCUT2D eigenvalue weighted by molar-refractivity contribution is 0.123. The zero-order valence-corrected chi connectivity index (χ0v) is 11.8. The van der Waals surface area contributed by atoms with Crippen molar-refractivity contribution >= 4 is 0 Å². The van der Waals surface area contributed by atoms with Crippen LogP contribution in [0.15, 0.2) is 22.8 Å². The first-order valence-corrected chi connectivity index (χ1v) is 6.74. The lowest BCUT2D eigenvalue weighted by Gasteiger charge is -2.28. The summed E-state index contributed by atoms with van der Waals surface area (Å²) >= 11 is 0. The zero-order valence-electron chi connectivity index (χ0n) is 11.8. The van der Waals surface area contributed by atoms with Crippen LogP contribution in [0.4, 0.5) is 0 Å². The summed E-state index contributed by atoms with van der Waals surface area (Å²) in [6.07, 6.45) is 2.88. The van der Waals surface area contributed by atoms with E-state index in [-0.39, 0.29) is 0 Å². The fraction of sp³-hybridized carbons (Fsp3) is 0.714. The number of nitrogens with one attached hydrogen (secondary N) is 1. The zero-order chi connectivity index (χ0) is 13.2. The molecule has 1 aromatic heterocycles. The third kappa shape index (κ3) is 5.67. The van der Waals surface area contributed by atoms with Crippen LogP contribution in [0.5, 0.6) is 0 Å². The Hall–Kier alpha value is -0.840. The van der Waals surface area contributed by atoms with Gasteiger partial charge >= 0.3 is 0 Å². The van der Waals surface area contributed by atoms with Gasteiger partial charge in [0.25, 0.3) is 0 Å². The van der Waals surface area contributed by atoms with E-state index >= 15 is 0 Å². The van der Waals surface area contributed by atoms with Gasteiger partial charge in [0.2, 0.25) is 0 Å². The fourth-order valence-electron chi connectivity index (χ4n) is 1.87. The van der Waals surface area contributed by atoms with Crippen LogP contribution in [0, 0.1) is 0 Å². The quantitative estimate of drug-likeness (QED) is 0.649. The van der Waals surface area contributed by atoms with Crippen LogP contribution >= 0.6 is 0 Å². The Labute approximate surface area is 110 Å². The fourth-order valence-corrected chi connectivity index (χ4v) is 1.87. The Morgan fingerprint density at radius 1 is 1.44 bits per heavy atom. The Morgan fingerprint density at radius 3 is 2.89 bits per heavy atom. The highest BCUT2D eigenvalue weighted by atomic mass is 16.5. The maximum Gasteiger partial charge on any atom is 0.117 e. The van der Waals surface area contributed by atoms with E-state index in [0.29, 0.717) is 6.04 Å². The maximum atomic E-state index is 5.28. The molecule has 0 bridgehead atoms. The smallest absolute Gasteiger partial charge is 0.117 e. The number of hydrogen-bond donors (Lipinski definition) is 1. The minimum Gasteiger partial charge on any atom is -0.468 e. The second kappa shape index (κ2) is 9.14. The average molecular weight is 254 g/mol. The molecule has 0 fully saturated rings. The van der Waals surface area contributed by atoms with E-state index < -0.39 is 0 Å². The van der Waals surface area contributed by atoms with Crippen LogP contribution in [0.25, 0.3) is 0 Å². The van der Waals surface area contributed by atoms with Crippen molar-refractivity contribution in [1.29, 1.82) is 0 Å². The normalized spacial score (nSPS) is 13.1. The van der Waals surface area contributed by atoms with Gasteiger partial charge in [-0.25, -0.2) is 0 Å². The summed E-state index contributed by atoms with van der Waals surface area (Å²) in [5.74, 6) is 0.988. The summed E-state index contributed by atoms with van der Waals surface area (Å²) in [5.41, 5.74) is 0. The van der Waals surface area contributed by atoms with Gasteiger partial charge in [-0.3, -0.25) is 4.90 Å². The molecular weight excluding hydrogens is 228 g/mol. The van der Waals surface area contributed by atoms with E-state index in [1.807, 2.05) is 12.1 Å². The molecule has 0 aromatic carbocycles. The number of furan rings is 1. The molecule has 0 saturated carbocycles. The van der Waals surface area contributed by atoms with Gasteiger partial charge in [0.1, 0.15) is 5.76 Å². The number of ether oxygens (including phenoxy) is 1. The minimum atomic E-state index is 0.602. The third-order valence-electron chi connectivity index (χ3n) is 3.25. The van der Waals surface area contributed by atoms with Crippen LogP contribution in [0.1, 0.15) is 26.0 Å². The summed E-state index contributed by atoms with van der Waals surface area (Å²) in [5, 5.41) is 3.40. The predicted molar refractivity (Wildman–Crippen MR) is 73.6 cm³/mol. The summed E-state index contributed by atoms with van der Waals surface area (Å²) in [4.78, 5) is 2.46. The summed E-state index contributed by atoms with van der Waals surface area (Å²) in [7, 11) is 1.75. The average Bonchev–Trinajstić information content (AvgIpc) is 2.90. The molecular formula is C14H26N2O2. The van der Waals surface area contributed by atoms with E-state index in [1.54, 1.807) is 13.4 Å². The predicted octanol–water partition coefficient (Wildman–Crippen LogP) is 2.12. The molecule has 1 atom stereocenters. The van der Waals surface area contributed by atoms with Crippen molar-refractivity contribution in [3.05, 3.63) is 24.2 Å². The molecule has 4 heteroatoms. The largest absolute Gasteiger partial charge is 0.468 e. The Kier molecular flexibility index (Phi) is 7.73. The van der Waals surface area contributed by atoms with Crippen LogP contribution in [-0.2, 0) is 11.3 Å². The molecule has 0 aliphatic rings. The molecule has 1 aromatic rings. The van der Waals surface area contributed by atoms with Gasteiger partial charge in [-0.1, -0.05) is 6.92 Å². The third-order valence-corrected chi connectivity index (χ3v) is 3.25. The van der Waals surface area contributed by atoms with Gasteiger partial charge < -0.3 is 14.5 Å². The van der Waals surface area contributed by atoms with Crippen LogP contribution in [0.2, 0.25) is 0 Å². The molecule has 0 radical (unpaired) electrons. The van der Waals surface area contributed by atoms with Gasteiger partial charge in [-0.05, 0) is 25.5 Å². The monoisotopic (exact) mass is 254 g/mol. The second-order valence-corrected chi connectivity index (χ2v) is 4.54.